The quantitative estimate of drug-likeness (QED) is 0.279. The predicted octanol–water partition coefficient (Wildman–Crippen LogP) is 3.56. The first kappa shape index (κ1) is 22.8. The van der Waals surface area contributed by atoms with Gasteiger partial charge in [0.2, 0.25) is 0 Å². The summed E-state index contributed by atoms with van der Waals surface area (Å²) in [6, 6.07) is 6.36. The lowest BCUT2D eigenvalue weighted by Crippen LogP contribution is -2.37. The maximum absolute atomic E-state index is 12.2. The van der Waals surface area contributed by atoms with Crippen LogP contribution in [0.5, 0.6) is 5.75 Å². The number of esters is 1. The Bertz CT molecular complexity index is 657. The fourth-order valence-corrected chi connectivity index (χ4v) is 2.97. The lowest BCUT2D eigenvalue weighted by molar-refractivity contribution is -0.153. The van der Waals surface area contributed by atoms with Gasteiger partial charge in [0.05, 0.1) is 0 Å². The Labute approximate surface area is 168 Å². The van der Waals surface area contributed by atoms with Crippen molar-refractivity contribution in [1.82, 2.24) is 10.6 Å². The molecule has 1 aromatic carbocycles. The van der Waals surface area contributed by atoms with Gasteiger partial charge in [-0.25, -0.2) is 0 Å². The minimum Gasteiger partial charge on any atom is -0.484 e. The number of alkyl halides is 3. The van der Waals surface area contributed by atoms with E-state index in [4.69, 9.17) is 4.74 Å². The van der Waals surface area contributed by atoms with E-state index in [2.05, 4.69) is 20.4 Å². The first-order valence-electron chi connectivity index (χ1n) is 9.78. The van der Waals surface area contributed by atoms with Crippen LogP contribution in [0.4, 0.5) is 13.2 Å². The summed E-state index contributed by atoms with van der Waals surface area (Å²) < 4.78 is 46.5. The molecule has 1 saturated carbocycles. The zero-order chi connectivity index (χ0) is 21.1. The number of carbonyl (C=O) groups is 1. The third-order valence-corrected chi connectivity index (χ3v) is 4.46. The maximum Gasteiger partial charge on any atom is 0.422 e. The molecule has 6 nitrogen and oxygen atoms in total. The van der Waals surface area contributed by atoms with E-state index in [0.717, 1.165) is 31.2 Å². The average molecular weight is 415 g/mol. The van der Waals surface area contributed by atoms with Crippen molar-refractivity contribution in [3.63, 3.8) is 0 Å². The highest BCUT2D eigenvalue weighted by molar-refractivity contribution is 5.79. The lowest BCUT2D eigenvalue weighted by Gasteiger charge is -2.13. The number of benzene rings is 1. The van der Waals surface area contributed by atoms with E-state index < -0.39 is 12.8 Å². The van der Waals surface area contributed by atoms with Gasteiger partial charge in [0.15, 0.2) is 12.6 Å². The van der Waals surface area contributed by atoms with Crippen LogP contribution in [0.3, 0.4) is 0 Å². The largest absolute Gasteiger partial charge is 0.484 e. The second kappa shape index (κ2) is 11.5. The van der Waals surface area contributed by atoms with E-state index in [-0.39, 0.29) is 17.8 Å². The number of hydrogen-bond acceptors (Lipinski definition) is 4. The number of ether oxygens (including phenoxy) is 2. The van der Waals surface area contributed by atoms with E-state index >= 15 is 0 Å². The zero-order valence-electron chi connectivity index (χ0n) is 16.6. The Morgan fingerprint density at radius 2 is 1.86 bits per heavy atom. The van der Waals surface area contributed by atoms with E-state index in [1.165, 1.54) is 12.1 Å². The van der Waals surface area contributed by atoms with Gasteiger partial charge < -0.3 is 20.1 Å². The van der Waals surface area contributed by atoms with Crippen LogP contribution < -0.4 is 15.4 Å². The zero-order valence-corrected chi connectivity index (χ0v) is 16.6. The van der Waals surface area contributed by atoms with Gasteiger partial charge in [0.1, 0.15) is 11.9 Å². The summed E-state index contributed by atoms with van der Waals surface area (Å²) in [7, 11) is 1.64. The molecule has 1 fully saturated rings. The second-order valence-electron chi connectivity index (χ2n) is 6.90. The molecule has 1 aromatic rings. The molecule has 0 unspecified atom stereocenters. The fourth-order valence-electron chi connectivity index (χ4n) is 2.97. The molecule has 0 saturated heterocycles. The average Bonchev–Trinajstić information content (AvgIpc) is 3.19. The molecule has 9 heteroatoms. The minimum absolute atomic E-state index is 0.0927. The summed E-state index contributed by atoms with van der Waals surface area (Å²) in [5.41, 5.74) is 0.868. The molecule has 0 atom stereocenters. The molecule has 0 bridgehead atoms. The van der Waals surface area contributed by atoms with Crippen molar-refractivity contribution in [2.24, 2.45) is 4.99 Å². The highest BCUT2D eigenvalue weighted by Crippen LogP contribution is 2.21. The van der Waals surface area contributed by atoms with Crippen LogP contribution in [0.2, 0.25) is 0 Å². The minimum atomic E-state index is -4.36. The molecular formula is C20H28F3N3O3. The summed E-state index contributed by atoms with van der Waals surface area (Å²) in [5, 5.41) is 6.23. The fraction of sp³-hybridized carbons (Fsp3) is 0.600. The van der Waals surface area contributed by atoms with Gasteiger partial charge in [-0.1, -0.05) is 12.1 Å². The SMILES string of the molecule is CN=C(NCCCC(=O)OC1CCCC1)NCc1ccc(OCC(F)(F)F)cc1. The van der Waals surface area contributed by atoms with Crippen molar-refractivity contribution < 1.29 is 27.4 Å². The summed E-state index contributed by atoms with van der Waals surface area (Å²) in [4.78, 5) is 15.9. The number of carbonyl (C=O) groups excluding carboxylic acids is 1. The van der Waals surface area contributed by atoms with Crippen LogP contribution in [0.25, 0.3) is 0 Å². The van der Waals surface area contributed by atoms with Gasteiger partial charge >= 0.3 is 12.1 Å². The van der Waals surface area contributed by atoms with Crippen molar-refractivity contribution in [3.05, 3.63) is 29.8 Å². The molecule has 0 amide bonds. The van der Waals surface area contributed by atoms with Crippen molar-refractivity contribution in [3.8, 4) is 5.75 Å². The highest BCUT2D eigenvalue weighted by atomic mass is 19.4. The molecular weight excluding hydrogens is 387 g/mol. The molecule has 1 aliphatic rings. The molecule has 0 spiro atoms. The molecule has 0 heterocycles. The summed E-state index contributed by atoms with van der Waals surface area (Å²) in [5.74, 6) is 0.583. The lowest BCUT2D eigenvalue weighted by atomic mass is 10.2. The summed E-state index contributed by atoms with van der Waals surface area (Å²) in [6.45, 7) is -0.290. The first-order valence-corrected chi connectivity index (χ1v) is 9.78. The molecule has 162 valence electrons. The van der Waals surface area contributed by atoms with Crippen LogP contribution in [-0.2, 0) is 16.1 Å². The van der Waals surface area contributed by atoms with Gasteiger partial charge in [0, 0.05) is 26.6 Å². The van der Waals surface area contributed by atoms with Crippen LogP contribution >= 0.6 is 0 Å². The maximum atomic E-state index is 12.2. The molecule has 2 N–H and O–H groups in total. The highest BCUT2D eigenvalue weighted by Gasteiger charge is 2.28. The molecule has 0 aromatic heterocycles. The number of hydrogen-bond donors (Lipinski definition) is 2. The first-order chi connectivity index (χ1) is 13.9. The molecule has 1 aliphatic carbocycles. The smallest absolute Gasteiger partial charge is 0.422 e. The normalized spacial score (nSPS) is 15.2. The Hall–Kier alpha value is -2.45. The van der Waals surface area contributed by atoms with Gasteiger partial charge in [-0.2, -0.15) is 13.2 Å². The van der Waals surface area contributed by atoms with E-state index in [0.29, 0.717) is 31.9 Å². The number of halogens is 3. The van der Waals surface area contributed by atoms with Gasteiger partial charge in [-0.05, 0) is 49.8 Å². The third-order valence-electron chi connectivity index (χ3n) is 4.46. The number of nitrogens with one attached hydrogen (secondary N) is 2. The van der Waals surface area contributed by atoms with Crippen LogP contribution in [0, 0.1) is 0 Å². The Morgan fingerprint density at radius 1 is 1.17 bits per heavy atom. The van der Waals surface area contributed by atoms with Crippen molar-refractivity contribution >= 4 is 11.9 Å². The standard InChI is InChI=1S/C20H28F3N3O3/c1-24-19(25-12-4-7-18(27)29-17-5-2-3-6-17)26-13-15-8-10-16(11-9-15)28-14-20(21,22)23/h8-11,17H,2-7,12-14H2,1H3,(H2,24,25,26). The summed E-state index contributed by atoms with van der Waals surface area (Å²) in [6.07, 6.45) is 0.931. The Kier molecular flexibility index (Phi) is 9.08. The predicted molar refractivity (Wildman–Crippen MR) is 104 cm³/mol. The van der Waals surface area contributed by atoms with E-state index in [1.807, 2.05) is 0 Å². The van der Waals surface area contributed by atoms with Crippen LogP contribution in [-0.4, -0.2) is 44.4 Å². The van der Waals surface area contributed by atoms with Crippen molar-refractivity contribution in [2.45, 2.75) is 57.3 Å². The van der Waals surface area contributed by atoms with Gasteiger partial charge in [-0.3, -0.25) is 9.79 Å². The Balaban J connectivity index is 1.62. The van der Waals surface area contributed by atoms with Crippen molar-refractivity contribution in [2.75, 3.05) is 20.2 Å². The monoisotopic (exact) mass is 415 g/mol. The summed E-state index contributed by atoms with van der Waals surface area (Å²) >= 11 is 0. The van der Waals surface area contributed by atoms with Crippen LogP contribution in [0.1, 0.15) is 44.1 Å². The van der Waals surface area contributed by atoms with Gasteiger partial charge in [0.25, 0.3) is 0 Å². The third kappa shape index (κ3) is 9.54. The van der Waals surface area contributed by atoms with Crippen molar-refractivity contribution in [1.29, 1.82) is 0 Å². The Morgan fingerprint density at radius 3 is 2.48 bits per heavy atom. The number of nitrogens with zero attached hydrogens (tertiary/aromatic N) is 1. The van der Waals surface area contributed by atoms with E-state index in [9.17, 15) is 18.0 Å². The molecule has 29 heavy (non-hydrogen) atoms. The second-order valence-corrected chi connectivity index (χ2v) is 6.90. The van der Waals surface area contributed by atoms with E-state index in [1.54, 1.807) is 19.2 Å². The number of rotatable bonds is 9. The van der Waals surface area contributed by atoms with Crippen LogP contribution in [0.15, 0.2) is 29.3 Å². The number of guanidine groups is 1. The molecule has 2 rings (SSSR count). The molecule has 0 aliphatic heterocycles. The number of aliphatic imine (C=N–C) groups is 1. The van der Waals surface area contributed by atoms with Gasteiger partial charge in [-0.15, -0.1) is 0 Å². The molecule has 0 radical (unpaired) electrons. The topological polar surface area (TPSA) is 72.0 Å².